The molecule has 5 heteroatoms. The maximum absolute atomic E-state index is 10.8. The van der Waals surface area contributed by atoms with Crippen LogP contribution in [-0.4, -0.2) is 31.3 Å². The van der Waals surface area contributed by atoms with Crippen LogP contribution in [0.2, 0.25) is 0 Å². The molecular formula is C13H18BrNO3. The number of carboxylic acid groups (broad SMARTS) is 1. The highest BCUT2D eigenvalue weighted by Gasteiger charge is 2.07. The molecule has 1 rings (SSSR count). The number of carbonyl (C=O) groups is 1. The maximum atomic E-state index is 10.8. The lowest BCUT2D eigenvalue weighted by Gasteiger charge is -2.12. The minimum atomic E-state index is -0.913. The van der Waals surface area contributed by atoms with Gasteiger partial charge in [0.05, 0.1) is 5.56 Å². The molecule has 0 saturated heterocycles. The molecule has 0 bridgehead atoms. The van der Waals surface area contributed by atoms with E-state index in [9.17, 15) is 4.79 Å². The normalized spacial score (nSPS) is 12.4. The topological polar surface area (TPSA) is 58.6 Å². The van der Waals surface area contributed by atoms with Crippen molar-refractivity contribution in [1.82, 2.24) is 5.32 Å². The Labute approximate surface area is 115 Å². The fourth-order valence-electron chi connectivity index (χ4n) is 1.62. The van der Waals surface area contributed by atoms with Crippen molar-refractivity contribution in [2.24, 2.45) is 5.92 Å². The van der Waals surface area contributed by atoms with E-state index in [1.54, 1.807) is 19.2 Å². The highest BCUT2D eigenvalue weighted by molar-refractivity contribution is 9.10. The van der Waals surface area contributed by atoms with Crippen molar-refractivity contribution < 1.29 is 14.6 Å². The number of hydrogen-bond donors (Lipinski definition) is 2. The van der Waals surface area contributed by atoms with Crippen molar-refractivity contribution in [3.05, 3.63) is 33.8 Å². The first-order valence-electron chi connectivity index (χ1n) is 5.76. The quantitative estimate of drug-likeness (QED) is 0.811. The van der Waals surface area contributed by atoms with Gasteiger partial charge in [0, 0.05) is 31.3 Å². The molecule has 0 aliphatic rings. The third-order valence-corrected chi connectivity index (χ3v) is 3.30. The van der Waals surface area contributed by atoms with Gasteiger partial charge in [-0.2, -0.15) is 0 Å². The summed E-state index contributed by atoms with van der Waals surface area (Å²) in [6.07, 6.45) is 0. The van der Waals surface area contributed by atoms with Gasteiger partial charge in [0.2, 0.25) is 0 Å². The second-order valence-corrected chi connectivity index (χ2v) is 5.16. The van der Waals surface area contributed by atoms with Crippen LogP contribution in [0.15, 0.2) is 22.7 Å². The van der Waals surface area contributed by atoms with Gasteiger partial charge in [-0.05, 0) is 23.6 Å². The fourth-order valence-corrected chi connectivity index (χ4v) is 2.14. The Morgan fingerprint density at radius 2 is 2.28 bits per heavy atom. The van der Waals surface area contributed by atoms with Crippen molar-refractivity contribution in [2.45, 2.75) is 13.5 Å². The first-order valence-corrected chi connectivity index (χ1v) is 6.55. The summed E-state index contributed by atoms with van der Waals surface area (Å²) in [7, 11) is 1.69. The molecule has 1 aromatic carbocycles. The minimum Gasteiger partial charge on any atom is -0.478 e. The molecular weight excluding hydrogens is 298 g/mol. The molecule has 1 atom stereocenters. The van der Waals surface area contributed by atoms with Gasteiger partial charge in [0.1, 0.15) is 0 Å². The lowest BCUT2D eigenvalue weighted by Crippen LogP contribution is -2.23. The van der Waals surface area contributed by atoms with Crippen LogP contribution in [0.5, 0.6) is 0 Å². The summed E-state index contributed by atoms with van der Waals surface area (Å²) in [5.41, 5.74) is 1.34. The fraction of sp³-hybridized carbons (Fsp3) is 0.462. The Balaban J connectivity index is 2.50. The van der Waals surface area contributed by atoms with E-state index in [1.165, 1.54) is 0 Å². The van der Waals surface area contributed by atoms with Crippen LogP contribution in [0.4, 0.5) is 0 Å². The van der Waals surface area contributed by atoms with Gasteiger partial charge < -0.3 is 15.2 Å². The Morgan fingerprint density at radius 1 is 1.56 bits per heavy atom. The third kappa shape index (κ3) is 4.76. The lowest BCUT2D eigenvalue weighted by atomic mass is 10.1. The van der Waals surface area contributed by atoms with E-state index < -0.39 is 5.97 Å². The first-order chi connectivity index (χ1) is 8.54. The Morgan fingerprint density at radius 3 is 2.83 bits per heavy atom. The van der Waals surface area contributed by atoms with Gasteiger partial charge in [-0.3, -0.25) is 0 Å². The van der Waals surface area contributed by atoms with Gasteiger partial charge >= 0.3 is 5.97 Å². The zero-order chi connectivity index (χ0) is 13.5. The number of hydrogen-bond acceptors (Lipinski definition) is 3. The summed E-state index contributed by atoms with van der Waals surface area (Å²) in [5.74, 6) is -0.462. The molecule has 100 valence electrons. The standard InChI is InChI=1S/C13H18BrNO3/c1-9(8-18-2)6-15-7-11-4-3-10(13(16)17)5-12(11)14/h3-5,9,15H,6-8H2,1-2H3,(H,16,17). The molecule has 0 amide bonds. The predicted molar refractivity (Wildman–Crippen MR) is 73.8 cm³/mol. The van der Waals surface area contributed by atoms with Crippen LogP contribution < -0.4 is 5.32 Å². The Kier molecular flexibility index (Phi) is 6.32. The molecule has 1 aromatic rings. The van der Waals surface area contributed by atoms with Crippen LogP contribution in [0, 0.1) is 5.92 Å². The molecule has 2 N–H and O–H groups in total. The van der Waals surface area contributed by atoms with Crippen LogP contribution in [0.3, 0.4) is 0 Å². The Hall–Kier alpha value is -0.910. The zero-order valence-corrected chi connectivity index (χ0v) is 12.2. The highest BCUT2D eigenvalue weighted by Crippen LogP contribution is 2.18. The van der Waals surface area contributed by atoms with Crippen molar-refractivity contribution in [1.29, 1.82) is 0 Å². The number of aromatic carboxylic acids is 1. The molecule has 1 unspecified atom stereocenters. The number of rotatable bonds is 7. The maximum Gasteiger partial charge on any atom is 0.335 e. The first kappa shape index (κ1) is 15.1. The highest BCUT2D eigenvalue weighted by atomic mass is 79.9. The summed E-state index contributed by atoms with van der Waals surface area (Å²) >= 11 is 3.39. The molecule has 0 saturated carbocycles. The van der Waals surface area contributed by atoms with Gasteiger partial charge in [-0.1, -0.05) is 28.9 Å². The smallest absolute Gasteiger partial charge is 0.335 e. The summed E-state index contributed by atoms with van der Waals surface area (Å²) < 4.78 is 5.87. The molecule has 0 fully saturated rings. The van der Waals surface area contributed by atoms with E-state index >= 15 is 0 Å². The average molecular weight is 316 g/mol. The van der Waals surface area contributed by atoms with E-state index in [4.69, 9.17) is 9.84 Å². The predicted octanol–water partition coefficient (Wildman–Crippen LogP) is 2.52. The van der Waals surface area contributed by atoms with Crippen molar-refractivity contribution in [2.75, 3.05) is 20.3 Å². The van der Waals surface area contributed by atoms with E-state index in [2.05, 4.69) is 28.2 Å². The molecule has 18 heavy (non-hydrogen) atoms. The summed E-state index contributed by atoms with van der Waals surface area (Å²) in [5, 5.41) is 12.2. The van der Waals surface area contributed by atoms with E-state index in [0.29, 0.717) is 18.0 Å². The van der Waals surface area contributed by atoms with Gasteiger partial charge in [-0.15, -0.1) is 0 Å². The summed E-state index contributed by atoms with van der Waals surface area (Å²) in [4.78, 5) is 10.8. The van der Waals surface area contributed by atoms with Crippen molar-refractivity contribution >= 4 is 21.9 Å². The van der Waals surface area contributed by atoms with Crippen molar-refractivity contribution in [3.63, 3.8) is 0 Å². The second kappa shape index (κ2) is 7.51. The van der Waals surface area contributed by atoms with E-state index in [-0.39, 0.29) is 0 Å². The SMILES string of the molecule is COCC(C)CNCc1ccc(C(=O)O)cc1Br. The van der Waals surface area contributed by atoms with Gasteiger partial charge in [0.15, 0.2) is 0 Å². The molecule has 0 aliphatic carbocycles. The number of ether oxygens (including phenoxy) is 1. The lowest BCUT2D eigenvalue weighted by molar-refractivity contribution is 0.0697. The summed E-state index contributed by atoms with van der Waals surface area (Å²) in [6, 6.07) is 5.06. The number of benzene rings is 1. The molecule has 4 nitrogen and oxygen atoms in total. The Bertz CT molecular complexity index is 409. The molecule has 0 spiro atoms. The molecule has 0 radical (unpaired) electrons. The molecule has 0 aliphatic heterocycles. The van der Waals surface area contributed by atoms with Crippen LogP contribution in [-0.2, 0) is 11.3 Å². The summed E-state index contributed by atoms with van der Waals surface area (Å²) in [6.45, 7) is 4.40. The van der Waals surface area contributed by atoms with E-state index in [0.717, 1.165) is 23.2 Å². The molecule has 0 aromatic heterocycles. The second-order valence-electron chi connectivity index (χ2n) is 4.30. The number of halogens is 1. The number of nitrogens with one attached hydrogen (secondary N) is 1. The van der Waals surface area contributed by atoms with Crippen LogP contribution in [0.1, 0.15) is 22.8 Å². The van der Waals surface area contributed by atoms with Crippen LogP contribution in [0.25, 0.3) is 0 Å². The third-order valence-electron chi connectivity index (χ3n) is 2.56. The van der Waals surface area contributed by atoms with Gasteiger partial charge in [-0.25, -0.2) is 4.79 Å². The largest absolute Gasteiger partial charge is 0.478 e. The van der Waals surface area contributed by atoms with Crippen molar-refractivity contribution in [3.8, 4) is 0 Å². The monoisotopic (exact) mass is 315 g/mol. The number of carboxylic acids is 1. The van der Waals surface area contributed by atoms with Crippen LogP contribution >= 0.6 is 15.9 Å². The number of methoxy groups -OCH3 is 1. The van der Waals surface area contributed by atoms with E-state index in [1.807, 2.05) is 6.07 Å². The minimum absolute atomic E-state index is 0.290. The molecule has 0 heterocycles. The van der Waals surface area contributed by atoms with Gasteiger partial charge in [0.25, 0.3) is 0 Å². The zero-order valence-electron chi connectivity index (χ0n) is 10.6. The average Bonchev–Trinajstić information content (AvgIpc) is 2.31.